The summed E-state index contributed by atoms with van der Waals surface area (Å²) in [6.45, 7) is 5.49. The van der Waals surface area contributed by atoms with E-state index in [4.69, 9.17) is 5.73 Å². The SMILES string of the molecule is CCC(C)c1ccc(CN(C)C(=O)CCN)cc1. The first-order chi connectivity index (χ1) is 8.58. The van der Waals surface area contributed by atoms with Crippen molar-refractivity contribution in [2.75, 3.05) is 13.6 Å². The van der Waals surface area contributed by atoms with Crippen molar-refractivity contribution in [3.8, 4) is 0 Å². The third-order valence-electron chi connectivity index (χ3n) is 3.36. The molecule has 0 aliphatic heterocycles. The third kappa shape index (κ3) is 4.15. The molecule has 3 heteroatoms. The fraction of sp³-hybridized carbons (Fsp3) is 0.533. The minimum atomic E-state index is 0.100. The van der Waals surface area contributed by atoms with E-state index in [2.05, 4.69) is 38.1 Å². The molecule has 18 heavy (non-hydrogen) atoms. The Bertz CT molecular complexity index is 373. The van der Waals surface area contributed by atoms with Crippen LogP contribution in [-0.4, -0.2) is 24.4 Å². The highest BCUT2D eigenvalue weighted by molar-refractivity contribution is 5.76. The van der Waals surface area contributed by atoms with E-state index in [-0.39, 0.29) is 5.91 Å². The Kier molecular flexibility index (Phi) is 5.86. The molecular formula is C15H24N2O. The Morgan fingerprint density at radius 2 is 1.94 bits per heavy atom. The van der Waals surface area contributed by atoms with Crippen molar-refractivity contribution in [2.45, 2.75) is 39.2 Å². The number of carbonyl (C=O) groups is 1. The predicted octanol–water partition coefficient (Wildman–Crippen LogP) is 2.51. The normalized spacial score (nSPS) is 12.2. The van der Waals surface area contributed by atoms with E-state index in [1.165, 1.54) is 5.56 Å². The number of nitrogens with zero attached hydrogens (tertiary/aromatic N) is 1. The second-order valence-corrected chi connectivity index (χ2v) is 4.84. The van der Waals surface area contributed by atoms with Gasteiger partial charge in [-0.2, -0.15) is 0 Å². The van der Waals surface area contributed by atoms with Crippen molar-refractivity contribution in [3.05, 3.63) is 35.4 Å². The van der Waals surface area contributed by atoms with Crippen molar-refractivity contribution >= 4 is 5.91 Å². The quantitative estimate of drug-likeness (QED) is 0.840. The molecule has 0 bridgehead atoms. The predicted molar refractivity (Wildman–Crippen MR) is 75.3 cm³/mol. The highest BCUT2D eigenvalue weighted by atomic mass is 16.2. The van der Waals surface area contributed by atoms with Crippen LogP contribution >= 0.6 is 0 Å². The van der Waals surface area contributed by atoms with E-state index < -0.39 is 0 Å². The van der Waals surface area contributed by atoms with Gasteiger partial charge in [-0.3, -0.25) is 4.79 Å². The van der Waals surface area contributed by atoms with E-state index in [1.807, 2.05) is 7.05 Å². The van der Waals surface area contributed by atoms with Gasteiger partial charge in [-0.1, -0.05) is 38.1 Å². The van der Waals surface area contributed by atoms with Crippen LogP contribution in [0.15, 0.2) is 24.3 Å². The first kappa shape index (κ1) is 14.7. The number of hydrogen-bond acceptors (Lipinski definition) is 2. The summed E-state index contributed by atoms with van der Waals surface area (Å²) in [5, 5.41) is 0. The highest BCUT2D eigenvalue weighted by Gasteiger charge is 2.08. The van der Waals surface area contributed by atoms with Gasteiger partial charge in [-0.25, -0.2) is 0 Å². The fourth-order valence-corrected chi connectivity index (χ4v) is 1.86. The molecule has 0 aromatic heterocycles. The van der Waals surface area contributed by atoms with Crippen LogP contribution in [0.25, 0.3) is 0 Å². The standard InChI is InChI=1S/C15H24N2O/c1-4-12(2)14-7-5-13(6-8-14)11-17(3)15(18)9-10-16/h5-8,12H,4,9-11,16H2,1-3H3. The van der Waals surface area contributed by atoms with Gasteiger partial charge in [0.1, 0.15) is 0 Å². The van der Waals surface area contributed by atoms with Crippen molar-refractivity contribution < 1.29 is 4.79 Å². The van der Waals surface area contributed by atoms with Gasteiger partial charge < -0.3 is 10.6 Å². The van der Waals surface area contributed by atoms with Crippen LogP contribution in [0.1, 0.15) is 43.7 Å². The summed E-state index contributed by atoms with van der Waals surface area (Å²) in [5.74, 6) is 0.694. The summed E-state index contributed by atoms with van der Waals surface area (Å²) in [5.41, 5.74) is 7.90. The van der Waals surface area contributed by atoms with Crippen molar-refractivity contribution in [1.82, 2.24) is 4.90 Å². The van der Waals surface area contributed by atoms with Gasteiger partial charge in [0, 0.05) is 26.6 Å². The Morgan fingerprint density at radius 3 is 2.44 bits per heavy atom. The van der Waals surface area contributed by atoms with Crippen molar-refractivity contribution in [1.29, 1.82) is 0 Å². The second kappa shape index (κ2) is 7.17. The molecular weight excluding hydrogens is 224 g/mol. The van der Waals surface area contributed by atoms with Crippen molar-refractivity contribution in [2.24, 2.45) is 5.73 Å². The van der Waals surface area contributed by atoms with Gasteiger partial charge >= 0.3 is 0 Å². The van der Waals surface area contributed by atoms with E-state index in [1.54, 1.807) is 4.90 Å². The number of amides is 1. The second-order valence-electron chi connectivity index (χ2n) is 4.84. The van der Waals surface area contributed by atoms with Crippen LogP contribution in [0.4, 0.5) is 0 Å². The van der Waals surface area contributed by atoms with E-state index in [0.29, 0.717) is 25.4 Å². The zero-order chi connectivity index (χ0) is 13.5. The lowest BCUT2D eigenvalue weighted by Crippen LogP contribution is -2.27. The summed E-state index contributed by atoms with van der Waals surface area (Å²) in [6.07, 6.45) is 1.57. The zero-order valence-electron chi connectivity index (χ0n) is 11.6. The van der Waals surface area contributed by atoms with Gasteiger partial charge in [0.15, 0.2) is 0 Å². The summed E-state index contributed by atoms with van der Waals surface area (Å²) in [6, 6.07) is 8.52. The number of carbonyl (C=O) groups excluding carboxylic acids is 1. The Morgan fingerprint density at radius 1 is 1.33 bits per heavy atom. The molecule has 0 spiro atoms. The zero-order valence-corrected chi connectivity index (χ0v) is 11.6. The van der Waals surface area contributed by atoms with Gasteiger partial charge in [-0.05, 0) is 23.5 Å². The molecule has 0 saturated carbocycles. The molecule has 0 aliphatic rings. The molecule has 2 N–H and O–H groups in total. The van der Waals surface area contributed by atoms with Crippen LogP contribution in [0.3, 0.4) is 0 Å². The number of hydrogen-bond donors (Lipinski definition) is 1. The molecule has 0 heterocycles. The molecule has 0 fully saturated rings. The summed E-state index contributed by atoms with van der Waals surface area (Å²) in [4.78, 5) is 13.3. The monoisotopic (exact) mass is 248 g/mol. The molecule has 100 valence electrons. The average Bonchev–Trinajstić information content (AvgIpc) is 2.39. The average molecular weight is 248 g/mol. The summed E-state index contributed by atoms with van der Waals surface area (Å²) < 4.78 is 0. The maximum atomic E-state index is 11.6. The van der Waals surface area contributed by atoms with Crippen LogP contribution in [0.5, 0.6) is 0 Å². The van der Waals surface area contributed by atoms with E-state index in [9.17, 15) is 4.79 Å². The molecule has 0 radical (unpaired) electrons. The van der Waals surface area contributed by atoms with Crippen LogP contribution < -0.4 is 5.73 Å². The first-order valence-corrected chi connectivity index (χ1v) is 6.61. The third-order valence-corrected chi connectivity index (χ3v) is 3.36. The molecule has 1 atom stereocenters. The number of nitrogens with two attached hydrogens (primary N) is 1. The Hall–Kier alpha value is -1.35. The van der Waals surface area contributed by atoms with E-state index >= 15 is 0 Å². The first-order valence-electron chi connectivity index (χ1n) is 6.61. The smallest absolute Gasteiger partial charge is 0.223 e. The molecule has 1 aromatic rings. The topological polar surface area (TPSA) is 46.3 Å². The summed E-state index contributed by atoms with van der Waals surface area (Å²) in [7, 11) is 1.82. The molecule has 1 amide bonds. The molecule has 1 aromatic carbocycles. The highest BCUT2D eigenvalue weighted by Crippen LogP contribution is 2.19. The maximum absolute atomic E-state index is 11.6. The van der Waals surface area contributed by atoms with Gasteiger partial charge in [0.2, 0.25) is 5.91 Å². The van der Waals surface area contributed by atoms with Gasteiger partial charge in [0.05, 0.1) is 0 Å². The fourth-order valence-electron chi connectivity index (χ4n) is 1.86. The molecule has 0 saturated heterocycles. The van der Waals surface area contributed by atoms with Crippen molar-refractivity contribution in [3.63, 3.8) is 0 Å². The minimum absolute atomic E-state index is 0.100. The molecule has 1 unspecified atom stereocenters. The largest absolute Gasteiger partial charge is 0.341 e. The lowest BCUT2D eigenvalue weighted by molar-refractivity contribution is -0.130. The minimum Gasteiger partial charge on any atom is -0.341 e. The molecule has 3 nitrogen and oxygen atoms in total. The Labute approximate surface area is 110 Å². The lowest BCUT2D eigenvalue weighted by atomic mass is 9.97. The maximum Gasteiger partial charge on any atom is 0.223 e. The molecule has 1 rings (SSSR count). The van der Waals surface area contributed by atoms with Crippen LogP contribution in [0.2, 0.25) is 0 Å². The van der Waals surface area contributed by atoms with Gasteiger partial charge in [-0.15, -0.1) is 0 Å². The lowest BCUT2D eigenvalue weighted by Gasteiger charge is -2.17. The van der Waals surface area contributed by atoms with Crippen LogP contribution in [-0.2, 0) is 11.3 Å². The number of benzene rings is 1. The summed E-state index contributed by atoms with van der Waals surface area (Å²) >= 11 is 0. The Balaban J connectivity index is 2.60. The van der Waals surface area contributed by atoms with Crippen LogP contribution in [0, 0.1) is 0 Å². The van der Waals surface area contributed by atoms with E-state index in [0.717, 1.165) is 12.0 Å². The van der Waals surface area contributed by atoms with Gasteiger partial charge in [0.25, 0.3) is 0 Å². The molecule has 0 aliphatic carbocycles. The number of rotatable bonds is 6.